The van der Waals surface area contributed by atoms with Gasteiger partial charge in [0.25, 0.3) is 0 Å². The molecule has 1 nitrogen and oxygen atoms in total. The summed E-state index contributed by atoms with van der Waals surface area (Å²) in [5, 5.41) is 0. The Kier molecular flexibility index (Phi) is 3.66. The monoisotopic (exact) mass is 257 g/mol. The molecule has 2 unspecified atom stereocenters. The largest absolute Gasteiger partial charge is 0.324 e. The van der Waals surface area contributed by atoms with Crippen molar-refractivity contribution in [1.29, 1.82) is 0 Å². The second-order valence-electron chi connectivity index (χ2n) is 5.31. The van der Waals surface area contributed by atoms with Gasteiger partial charge >= 0.3 is 0 Å². The second-order valence-corrected chi connectivity index (χ2v) is 5.31. The molecule has 0 heterocycles. The molecule has 0 bridgehead atoms. The fourth-order valence-electron chi connectivity index (χ4n) is 2.74. The summed E-state index contributed by atoms with van der Waals surface area (Å²) in [6.07, 6.45) is 0.872. The van der Waals surface area contributed by atoms with Gasteiger partial charge in [-0.25, -0.2) is 13.2 Å². The SMILES string of the molecule is Cc1ccc(F)cc1C(N)CC1CCC(F)(F)C1. The van der Waals surface area contributed by atoms with Crippen molar-refractivity contribution in [3.05, 3.63) is 35.1 Å². The zero-order valence-electron chi connectivity index (χ0n) is 10.4. The van der Waals surface area contributed by atoms with Crippen LogP contribution in [0.2, 0.25) is 0 Å². The molecule has 2 atom stereocenters. The number of aryl methyl sites for hydroxylation is 1. The van der Waals surface area contributed by atoms with Gasteiger partial charge in [0.05, 0.1) is 0 Å². The number of nitrogens with two attached hydrogens (primary N) is 1. The average molecular weight is 257 g/mol. The molecule has 0 saturated heterocycles. The molecular weight excluding hydrogens is 239 g/mol. The molecule has 2 rings (SSSR count). The predicted octanol–water partition coefficient (Wildman–Crippen LogP) is 3.96. The number of hydrogen-bond acceptors (Lipinski definition) is 1. The number of halogens is 3. The fourth-order valence-corrected chi connectivity index (χ4v) is 2.74. The van der Waals surface area contributed by atoms with Crippen LogP contribution in [0.5, 0.6) is 0 Å². The van der Waals surface area contributed by atoms with E-state index < -0.39 is 5.92 Å². The zero-order chi connectivity index (χ0) is 13.3. The van der Waals surface area contributed by atoms with Gasteiger partial charge in [-0.05, 0) is 48.9 Å². The Balaban J connectivity index is 2.04. The molecule has 0 aromatic heterocycles. The third kappa shape index (κ3) is 3.05. The van der Waals surface area contributed by atoms with Crippen LogP contribution in [0.3, 0.4) is 0 Å². The second kappa shape index (κ2) is 4.92. The fraction of sp³-hybridized carbons (Fsp3) is 0.571. The van der Waals surface area contributed by atoms with Crippen molar-refractivity contribution in [1.82, 2.24) is 0 Å². The lowest BCUT2D eigenvalue weighted by atomic mass is 9.92. The van der Waals surface area contributed by atoms with Gasteiger partial charge in [-0.15, -0.1) is 0 Å². The van der Waals surface area contributed by atoms with E-state index in [0.29, 0.717) is 12.8 Å². The third-order valence-electron chi connectivity index (χ3n) is 3.73. The smallest absolute Gasteiger partial charge is 0.248 e. The lowest BCUT2D eigenvalue weighted by Crippen LogP contribution is -2.17. The van der Waals surface area contributed by atoms with Crippen molar-refractivity contribution in [2.45, 2.75) is 44.6 Å². The highest BCUT2D eigenvalue weighted by atomic mass is 19.3. The Bertz CT molecular complexity index is 431. The summed E-state index contributed by atoms with van der Waals surface area (Å²) in [6.45, 7) is 1.86. The summed E-state index contributed by atoms with van der Waals surface area (Å²) < 4.78 is 39.3. The molecule has 1 aromatic carbocycles. The van der Waals surface area contributed by atoms with Crippen LogP contribution in [-0.2, 0) is 0 Å². The summed E-state index contributed by atoms with van der Waals surface area (Å²) in [5.41, 5.74) is 7.66. The molecule has 18 heavy (non-hydrogen) atoms. The maximum absolute atomic E-state index is 13.2. The van der Waals surface area contributed by atoms with Gasteiger partial charge in [-0.1, -0.05) is 6.07 Å². The topological polar surface area (TPSA) is 26.0 Å². The summed E-state index contributed by atoms with van der Waals surface area (Å²) in [4.78, 5) is 0. The van der Waals surface area contributed by atoms with Crippen molar-refractivity contribution in [3.63, 3.8) is 0 Å². The predicted molar refractivity (Wildman–Crippen MR) is 65.0 cm³/mol. The molecule has 1 aliphatic rings. The van der Waals surface area contributed by atoms with E-state index in [1.807, 2.05) is 6.92 Å². The normalized spacial score (nSPS) is 24.2. The van der Waals surface area contributed by atoms with Gasteiger partial charge in [0.15, 0.2) is 0 Å². The highest BCUT2D eigenvalue weighted by Crippen LogP contribution is 2.42. The van der Waals surface area contributed by atoms with E-state index in [1.54, 1.807) is 6.07 Å². The molecule has 2 N–H and O–H groups in total. The van der Waals surface area contributed by atoms with E-state index in [0.717, 1.165) is 11.1 Å². The summed E-state index contributed by atoms with van der Waals surface area (Å²) in [5.74, 6) is -2.93. The first kappa shape index (κ1) is 13.4. The van der Waals surface area contributed by atoms with Crippen LogP contribution >= 0.6 is 0 Å². The molecule has 0 amide bonds. The van der Waals surface area contributed by atoms with Crippen LogP contribution in [0, 0.1) is 18.7 Å². The molecule has 1 aromatic rings. The molecule has 0 spiro atoms. The van der Waals surface area contributed by atoms with E-state index in [1.165, 1.54) is 12.1 Å². The quantitative estimate of drug-likeness (QED) is 0.871. The van der Waals surface area contributed by atoms with Crippen LogP contribution in [-0.4, -0.2) is 5.92 Å². The molecule has 1 fully saturated rings. The van der Waals surface area contributed by atoms with Crippen LogP contribution < -0.4 is 5.73 Å². The van der Waals surface area contributed by atoms with Crippen molar-refractivity contribution >= 4 is 0 Å². The maximum Gasteiger partial charge on any atom is 0.248 e. The van der Waals surface area contributed by atoms with Crippen LogP contribution in [0.15, 0.2) is 18.2 Å². The highest BCUT2D eigenvalue weighted by Gasteiger charge is 2.39. The molecule has 1 aliphatic carbocycles. The van der Waals surface area contributed by atoms with Crippen molar-refractivity contribution in [2.24, 2.45) is 11.7 Å². The van der Waals surface area contributed by atoms with E-state index >= 15 is 0 Å². The van der Waals surface area contributed by atoms with Crippen molar-refractivity contribution < 1.29 is 13.2 Å². The third-order valence-corrected chi connectivity index (χ3v) is 3.73. The first-order chi connectivity index (χ1) is 8.37. The van der Waals surface area contributed by atoms with E-state index in [4.69, 9.17) is 5.73 Å². The van der Waals surface area contributed by atoms with Crippen molar-refractivity contribution in [3.8, 4) is 0 Å². The minimum Gasteiger partial charge on any atom is -0.324 e. The Morgan fingerprint density at radius 2 is 2.17 bits per heavy atom. The van der Waals surface area contributed by atoms with Gasteiger partial charge in [-0.2, -0.15) is 0 Å². The molecule has 1 saturated carbocycles. The Morgan fingerprint density at radius 1 is 1.44 bits per heavy atom. The summed E-state index contributed by atoms with van der Waals surface area (Å²) in [7, 11) is 0. The lowest BCUT2D eigenvalue weighted by Gasteiger charge is -2.19. The van der Waals surface area contributed by atoms with Gasteiger partial charge in [0.1, 0.15) is 5.82 Å². The van der Waals surface area contributed by atoms with Crippen LogP contribution in [0.1, 0.15) is 42.9 Å². The molecule has 4 heteroatoms. The average Bonchev–Trinajstić information content (AvgIpc) is 2.61. The van der Waals surface area contributed by atoms with Gasteiger partial charge in [-0.3, -0.25) is 0 Å². The number of benzene rings is 1. The van der Waals surface area contributed by atoms with Crippen LogP contribution in [0.25, 0.3) is 0 Å². The van der Waals surface area contributed by atoms with E-state index in [2.05, 4.69) is 0 Å². The minimum absolute atomic E-state index is 0.0491. The summed E-state index contributed by atoms with van der Waals surface area (Å²) in [6, 6.07) is 4.11. The number of hydrogen-bond donors (Lipinski definition) is 1. The lowest BCUT2D eigenvalue weighted by molar-refractivity contribution is 0.00446. The van der Waals surface area contributed by atoms with Gasteiger partial charge in [0, 0.05) is 18.9 Å². The van der Waals surface area contributed by atoms with E-state index in [9.17, 15) is 13.2 Å². The molecule has 100 valence electrons. The molecule has 0 aliphatic heterocycles. The van der Waals surface area contributed by atoms with E-state index in [-0.39, 0.29) is 30.6 Å². The Hall–Kier alpha value is -1.03. The van der Waals surface area contributed by atoms with Crippen LogP contribution in [0.4, 0.5) is 13.2 Å². The minimum atomic E-state index is -2.54. The molecular formula is C14H18F3N. The standard InChI is InChI=1S/C14H18F3N/c1-9-2-3-11(15)7-12(9)13(18)6-10-4-5-14(16,17)8-10/h2-3,7,10,13H,4-6,8,18H2,1H3. The zero-order valence-corrected chi connectivity index (χ0v) is 10.4. The molecule has 0 radical (unpaired) electrons. The first-order valence-electron chi connectivity index (χ1n) is 6.27. The Morgan fingerprint density at radius 3 is 2.78 bits per heavy atom. The van der Waals surface area contributed by atoms with Crippen molar-refractivity contribution in [2.75, 3.05) is 0 Å². The Labute approximate surface area is 105 Å². The number of rotatable bonds is 3. The maximum atomic E-state index is 13.2. The first-order valence-corrected chi connectivity index (χ1v) is 6.27. The number of alkyl halides is 2. The van der Waals surface area contributed by atoms with Gasteiger partial charge in [0.2, 0.25) is 5.92 Å². The van der Waals surface area contributed by atoms with Gasteiger partial charge < -0.3 is 5.73 Å². The highest BCUT2D eigenvalue weighted by molar-refractivity contribution is 5.29. The summed E-state index contributed by atoms with van der Waals surface area (Å²) >= 11 is 0.